The standard InChI is InChI=1S/C27H27N5O/c1-26(2,3)15-27(4,5)32-25(33)16-10-11-19-20(14-16)31-24-22-18(9-7-13-29-22)17-8-6-12-28-21(17)23(24)30-19/h6-14H,15H2,1-5H3,(H,32,33). The van der Waals surface area contributed by atoms with Gasteiger partial charge in [-0.25, -0.2) is 9.97 Å². The highest BCUT2D eigenvalue weighted by Crippen LogP contribution is 2.32. The number of hydrogen-bond donors (Lipinski definition) is 1. The van der Waals surface area contributed by atoms with Crippen molar-refractivity contribution in [2.45, 2.75) is 46.6 Å². The molecule has 6 nitrogen and oxygen atoms in total. The molecular formula is C27H27N5O. The zero-order valence-corrected chi connectivity index (χ0v) is 19.6. The van der Waals surface area contributed by atoms with Crippen molar-refractivity contribution in [1.82, 2.24) is 25.3 Å². The van der Waals surface area contributed by atoms with E-state index < -0.39 is 0 Å². The lowest BCUT2D eigenvalue weighted by atomic mass is 9.81. The Labute approximate surface area is 192 Å². The zero-order chi connectivity index (χ0) is 23.4. The molecule has 0 unspecified atom stereocenters. The Kier molecular flexibility index (Phi) is 4.78. The summed E-state index contributed by atoms with van der Waals surface area (Å²) in [4.78, 5) is 32.0. The number of aromatic nitrogens is 4. The van der Waals surface area contributed by atoms with E-state index in [1.165, 1.54) is 0 Å². The molecule has 0 bridgehead atoms. The average molecular weight is 438 g/mol. The van der Waals surface area contributed by atoms with Crippen LogP contribution in [0, 0.1) is 5.41 Å². The van der Waals surface area contributed by atoms with Crippen molar-refractivity contribution in [3.05, 3.63) is 60.4 Å². The molecule has 1 amide bonds. The topological polar surface area (TPSA) is 80.7 Å². The molecule has 0 atom stereocenters. The SMILES string of the molecule is CC(C)(C)CC(C)(C)NC(=O)c1ccc2nc3c4ncccc4c4cccnc4c3nc2c1. The molecule has 3 aromatic heterocycles. The molecule has 6 heteroatoms. The van der Waals surface area contributed by atoms with Gasteiger partial charge in [-0.2, -0.15) is 0 Å². The van der Waals surface area contributed by atoms with E-state index in [4.69, 9.17) is 9.97 Å². The van der Waals surface area contributed by atoms with Crippen LogP contribution < -0.4 is 5.32 Å². The number of hydrogen-bond acceptors (Lipinski definition) is 5. The molecule has 33 heavy (non-hydrogen) atoms. The number of pyridine rings is 2. The number of carbonyl (C=O) groups is 1. The Morgan fingerprint density at radius 2 is 1.36 bits per heavy atom. The normalized spacial score (nSPS) is 12.6. The second kappa shape index (κ2) is 7.44. The number of benzene rings is 2. The predicted octanol–water partition coefficient (Wildman–Crippen LogP) is 5.82. The maximum Gasteiger partial charge on any atom is 0.251 e. The first-order valence-corrected chi connectivity index (χ1v) is 11.2. The second-order valence-electron chi connectivity index (χ2n) is 10.5. The summed E-state index contributed by atoms with van der Waals surface area (Å²) < 4.78 is 0. The highest BCUT2D eigenvalue weighted by Gasteiger charge is 2.27. The van der Waals surface area contributed by atoms with Crippen LogP contribution in [0.1, 0.15) is 51.4 Å². The molecule has 0 aliphatic rings. The Hall–Kier alpha value is -3.67. The molecule has 0 spiro atoms. The van der Waals surface area contributed by atoms with Crippen LogP contribution in [0.25, 0.3) is 43.9 Å². The minimum atomic E-state index is -0.329. The van der Waals surface area contributed by atoms with Crippen LogP contribution in [0.4, 0.5) is 0 Å². The number of rotatable bonds is 3. The molecule has 0 aliphatic heterocycles. The summed E-state index contributed by atoms with van der Waals surface area (Å²) in [6.45, 7) is 10.6. The number of carbonyl (C=O) groups excluding carboxylic acids is 1. The van der Waals surface area contributed by atoms with Gasteiger partial charge in [-0.15, -0.1) is 0 Å². The van der Waals surface area contributed by atoms with Crippen LogP contribution in [-0.4, -0.2) is 31.4 Å². The van der Waals surface area contributed by atoms with Gasteiger partial charge in [-0.05, 0) is 56.0 Å². The summed E-state index contributed by atoms with van der Waals surface area (Å²) in [5, 5.41) is 5.16. The molecule has 166 valence electrons. The van der Waals surface area contributed by atoms with Crippen LogP contribution in [0.3, 0.4) is 0 Å². The quantitative estimate of drug-likeness (QED) is 0.284. The maximum atomic E-state index is 13.1. The Morgan fingerprint density at radius 3 is 1.94 bits per heavy atom. The van der Waals surface area contributed by atoms with Gasteiger partial charge in [0.05, 0.1) is 22.1 Å². The minimum absolute atomic E-state index is 0.107. The summed E-state index contributed by atoms with van der Waals surface area (Å²) in [6.07, 6.45) is 4.39. The monoisotopic (exact) mass is 437 g/mol. The Balaban J connectivity index is 1.65. The lowest BCUT2D eigenvalue weighted by Crippen LogP contribution is -2.45. The van der Waals surface area contributed by atoms with Gasteiger partial charge in [0.15, 0.2) is 0 Å². The van der Waals surface area contributed by atoms with Crippen LogP contribution in [0.2, 0.25) is 0 Å². The molecule has 5 aromatic rings. The van der Waals surface area contributed by atoms with E-state index in [9.17, 15) is 4.79 Å². The number of fused-ring (bicyclic) bond motifs is 7. The van der Waals surface area contributed by atoms with Crippen LogP contribution in [0.5, 0.6) is 0 Å². The van der Waals surface area contributed by atoms with E-state index in [-0.39, 0.29) is 16.9 Å². The minimum Gasteiger partial charge on any atom is -0.347 e. The summed E-state index contributed by atoms with van der Waals surface area (Å²) in [5.74, 6) is -0.115. The van der Waals surface area contributed by atoms with Crippen LogP contribution in [0.15, 0.2) is 54.9 Å². The van der Waals surface area contributed by atoms with E-state index in [0.717, 1.165) is 33.7 Å². The van der Waals surface area contributed by atoms with E-state index >= 15 is 0 Å². The van der Waals surface area contributed by atoms with Gasteiger partial charge < -0.3 is 5.32 Å². The van der Waals surface area contributed by atoms with E-state index in [1.54, 1.807) is 18.5 Å². The molecule has 1 N–H and O–H groups in total. The lowest BCUT2D eigenvalue weighted by Gasteiger charge is -2.33. The van der Waals surface area contributed by atoms with Crippen molar-refractivity contribution in [2.24, 2.45) is 5.41 Å². The fourth-order valence-corrected chi connectivity index (χ4v) is 4.90. The first-order valence-electron chi connectivity index (χ1n) is 11.2. The van der Waals surface area contributed by atoms with Crippen molar-refractivity contribution in [3.63, 3.8) is 0 Å². The fraction of sp³-hybridized carbons (Fsp3) is 0.296. The third-order valence-corrected chi connectivity index (χ3v) is 5.70. The van der Waals surface area contributed by atoms with Crippen LogP contribution >= 0.6 is 0 Å². The van der Waals surface area contributed by atoms with Gasteiger partial charge in [-0.1, -0.05) is 32.9 Å². The fourth-order valence-electron chi connectivity index (χ4n) is 4.90. The van der Waals surface area contributed by atoms with E-state index in [1.807, 2.05) is 36.4 Å². The molecular weight excluding hydrogens is 410 g/mol. The van der Waals surface area contributed by atoms with Gasteiger partial charge >= 0.3 is 0 Å². The number of nitrogens with one attached hydrogen (secondary N) is 1. The van der Waals surface area contributed by atoms with Crippen molar-refractivity contribution in [1.29, 1.82) is 0 Å². The second-order valence-corrected chi connectivity index (χ2v) is 10.5. The summed E-state index contributed by atoms with van der Waals surface area (Å²) >= 11 is 0. The zero-order valence-electron chi connectivity index (χ0n) is 19.6. The van der Waals surface area contributed by atoms with Crippen molar-refractivity contribution >= 4 is 49.8 Å². The Morgan fingerprint density at radius 1 is 0.788 bits per heavy atom. The van der Waals surface area contributed by atoms with E-state index in [2.05, 4.69) is 49.9 Å². The molecule has 0 aliphatic carbocycles. The van der Waals surface area contributed by atoms with Crippen molar-refractivity contribution in [2.75, 3.05) is 0 Å². The van der Waals surface area contributed by atoms with Crippen LogP contribution in [-0.2, 0) is 0 Å². The molecule has 0 saturated carbocycles. The van der Waals surface area contributed by atoms with Crippen molar-refractivity contribution in [3.8, 4) is 0 Å². The molecule has 2 aromatic carbocycles. The third kappa shape index (κ3) is 3.97. The molecule has 5 rings (SSSR count). The predicted molar refractivity (Wildman–Crippen MR) is 133 cm³/mol. The summed E-state index contributed by atoms with van der Waals surface area (Å²) in [7, 11) is 0. The average Bonchev–Trinajstić information content (AvgIpc) is 2.76. The largest absolute Gasteiger partial charge is 0.347 e. The highest BCUT2D eigenvalue weighted by atomic mass is 16.1. The first kappa shape index (κ1) is 21.2. The highest BCUT2D eigenvalue weighted by molar-refractivity contribution is 6.21. The number of amides is 1. The lowest BCUT2D eigenvalue weighted by molar-refractivity contribution is 0.0891. The Bertz CT molecular complexity index is 1550. The summed E-state index contributed by atoms with van der Waals surface area (Å²) in [6, 6.07) is 13.4. The summed E-state index contributed by atoms with van der Waals surface area (Å²) in [5.41, 5.74) is 4.70. The molecule has 0 saturated heterocycles. The van der Waals surface area contributed by atoms with Gasteiger partial charge in [-0.3, -0.25) is 14.8 Å². The first-order chi connectivity index (χ1) is 15.6. The molecule has 3 heterocycles. The maximum absolute atomic E-state index is 13.1. The van der Waals surface area contributed by atoms with Gasteiger partial charge in [0, 0.05) is 34.3 Å². The number of nitrogens with zero attached hydrogens (tertiary/aromatic N) is 4. The van der Waals surface area contributed by atoms with Gasteiger partial charge in [0.25, 0.3) is 5.91 Å². The molecule has 0 fully saturated rings. The van der Waals surface area contributed by atoms with E-state index in [0.29, 0.717) is 22.1 Å². The van der Waals surface area contributed by atoms with Gasteiger partial charge in [0.2, 0.25) is 0 Å². The van der Waals surface area contributed by atoms with Gasteiger partial charge in [0.1, 0.15) is 11.0 Å². The molecule has 0 radical (unpaired) electrons. The van der Waals surface area contributed by atoms with Crippen molar-refractivity contribution < 1.29 is 4.79 Å². The third-order valence-electron chi connectivity index (χ3n) is 5.70. The smallest absolute Gasteiger partial charge is 0.251 e.